The number of carbonyl (C=O) groups excluding carboxylic acids is 1. The molecule has 0 fully saturated rings. The zero-order chi connectivity index (χ0) is 18.6. The highest BCUT2D eigenvalue weighted by atomic mass is 35.5. The second-order valence-corrected chi connectivity index (χ2v) is 8.04. The zero-order valence-electron chi connectivity index (χ0n) is 13.5. The fraction of sp³-hybridized carbons (Fsp3) is 0.188. The van der Waals surface area contributed by atoms with Crippen molar-refractivity contribution >= 4 is 50.6 Å². The van der Waals surface area contributed by atoms with Crippen LogP contribution in [0, 0.1) is 0 Å². The van der Waals surface area contributed by atoms with Crippen LogP contribution in [-0.2, 0) is 10.0 Å². The number of urea groups is 1. The normalized spacial score (nSPS) is 12.3. The molecule has 0 radical (unpaired) electrons. The molecular weight excluding hydrogens is 385 g/mol. The summed E-state index contributed by atoms with van der Waals surface area (Å²) in [5, 5.41) is 6.20. The van der Waals surface area contributed by atoms with Crippen LogP contribution >= 0.6 is 23.2 Å². The molecule has 3 N–H and O–H groups in total. The van der Waals surface area contributed by atoms with Gasteiger partial charge in [0.1, 0.15) is 0 Å². The molecule has 0 bridgehead atoms. The van der Waals surface area contributed by atoms with Gasteiger partial charge in [0.15, 0.2) is 0 Å². The lowest BCUT2D eigenvalue weighted by Gasteiger charge is -2.16. The van der Waals surface area contributed by atoms with Gasteiger partial charge in [-0.3, -0.25) is 4.72 Å². The average molecular weight is 402 g/mol. The lowest BCUT2D eigenvalue weighted by molar-refractivity contribution is 0.249. The van der Waals surface area contributed by atoms with Gasteiger partial charge in [0.05, 0.1) is 23.0 Å². The molecule has 0 saturated heterocycles. The molecule has 0 aromatic heterocycles. The fourth-order valence-corrected chi connectivity index (χ4v) is 3.01. The summed E-state index contributed by atoms with van der Waals surface area (Å²) in [7, 11) is -3.37. The van der Waals surface area contributed by atoms with Gasteiger partial charge in [0.25, 0.3) is 0 Å². The molecule has 1 unspecified atom stereocenters. The molecule has 134 valence electrons. The first-order chi connectivity index (χ1) is 11.6. The molecule has 0 spiro atoms. The van der Waals surface area contributed by atoms with E-state index in [0.717, 1.165) is 11.8 Å². The Bertz CT molecular complexity index is 888. The highest BCUT2D eigenvalue weighted by Gasteiger charge is 2.12. The lowest BCUT2D eigenvalue weighted by atomic mass is 10.1. The Kier molecular flexibility index (Phi) is 6.16. The molecule has 2 amide bonds. The number of anilines is 2. The van der Waals surface area contributed by atoms with E-state index in [0.29, 0.717) is 21.4 Å². The maximum absolute atomic E-state index is 12.1. The van der Waals surface area contributed by atoms with Gasteiger partial charge in [-0.15, -0.1) is 0 Å². The van der Waals surface area contributed by atoms with E-state index in [1.165, 1.54) is 0 Å². The minimum absolute atomic E-state index is 0.362. The summed E-state index contributed by atoms with van der Waals surface area (Å²) in [5.41, 5.74) is 1.55. The van der Waals surface area contributed by atoms with Gasteiger partial charge in [-0.1, -0.05) is 35.3 Å². The number of amides is 2. The van der Waals surface area contributed by atoms with Gasteiger partial charge >= 0.3 is 6.03 Å². The Morgan fingerprint density at radius 2 is 1.84 bits per heavy atom. The van der Waals surface area contributed by atoms with Crippen LogP contribution < -0.4 is 15.4 Å². The SMILES string of the molecule is CC(NC(=O)Nc1cc(Cl)ccc1Cl)c1cccc(NS(C)(=O)=O)c1. The lowest BCUT2D eigenvalue weighted by Crippen LogP contribution is -2.31. The predicted octanol–water partition coefficient (Wildman–Crippen LogP) is 4.25. The van der Waals surface area contributed by atoms with E-state index in [1.807, 2.05) is 0 Å². The molecule has 2 rings (SSSR count). The predicted molar refractivity (Wildman–Crippen MR) is 102 cm³/mol. The van der Waals surface area contributed by atoms with Gasteiger partial charge in [0.2, 0.25) is 10.0 Å². The van der Waals surface area contributed by atoms with Crippen molar-refractivity contribution in [1.29, 1.82) is 0 Å². The quantitative estimate of drug-likeness (QED) is 0.699. The van der Waals surface area contributed by atoms with Crippen LogP contribution in [0.25, 0.3) is 0 Å². The van der Waals surface area contributed by atoms with Crippen molar-refractivity contribution in [3.05, 3.63) is 58.1 Å². The van der Waals surface area contributed by atoms with Crippen molar-refractivity contribution in [2.75, 3.05) is 16.3 Å². The van der Waals surface area contributed by atoms with Gasteiger partial charge in [-0.25, -0.2) is 13.2 Å². The van der Waals surface area contributed by atoms with Crippen molar-refractivity contribution in [1.82, 2.24) is 5.32 Å². The average Bonchev–Trinajstić information content (AvgIpc) is 2.49. The number of hydrogen-bond donors (Lipinski definition) is 3. The maximum Gasteiger partial charge on any atom is 0.319 e. The maximum atomic E-state index is 12.1. The van der Waals surface area contributed by atoms with E-state index in [-0.39, 0.29) is 6.04 Å². The molecule has 25 heavy (non-hydrogen) atoms. The summed E-state index contributed by atoms with van der Waals surface area (Å²) in [6.07, 6.45) is 1.07. The summed E-state index contributed by atoms with van der Waals surface area (Å²) in [6.45, 7) is 1.78. The number of halogens is 2. The van der Waals surface area contributed by atoms with Crippen LogP contribution in [-0.4, -0.2) is 20.7 Å². The number of hydrogen-bond acceptors (Lipinski definition) is 3. The van der Waals surface area contributed by atoms with E-state index in [4.69, 9.17) is 23.2 Å². The molecule has 0 aliphatic heterocycles. The molecule has 2 aromatic carbocycles. The van der Waals surface area contributed by atoms with Gasteiger partial charge in [0, 0.05) is 10.7 Å². The Morgan fingerprint density at radius 3 is 2.52 bits per heavy atom. The van der Waals surface area contributed by atoms with E-state index in [2.05, 4.69) is 15.4 Å². The molecule has 1 atom stereocenters. The minimum atomic E-state index is -3.37. The standard InChI is InChI=1S/C16H17Cl2N3O3S/c1-10(11-4-3-5-13(8-11)21-25(2,23)24)19-16(22)20-15-9-12(17)6-7-14(15)18/h3-10,21H,1-2H3,(H2,19,20,22). The topological polar surface area (TPSA) is 87.3 Å². The first-order valence-corrected chi connectivity index (χ1v) is 9.89. The third-order valence-corrected chi connectivity index (χ3v) is 4.39. The Hall–Kier alpha value is -1.96. The highest BCUT2D eigenvalue weighted by Crippen LogP contribution is 2.25. The van der Waals surface area contributed by atoms with Crippen LogP contribution in [0.2, 0.25) is 10.0 Å². The summed E-state index contributed by atoms with van der Waals surface area (Å²) >= 11 is 11.9. The van der Waals surface area contributed by atoms with E-state index in [1.54, 1.807) is 49.4 Å². The first kappa shape index (κ1) is 19.4. The van der Waals surface area contributed by atoms with Gasteiger partial charge < -0.3 is 10.6 Å². The van der Waals surface area contributed by atoms with Crippen molar-refractivity contribution in [2.45, 2.75) is 13.0 Å². The van der Waals surface area contributed by atoms with Crippen molar-refractivity contribution in [2.24, 2.45) is 0 Å². The molecular formula is C16H17Cl2N3O3S. The summed E-state index contributed by atoms with van der Waals surface area (Å²) in [4.78, 5) is 12.1. The second kappa shape index (κ2) is 7.95. The van der Waals surface area contributed by atoms with Crippen LogP contribution in [0.15, 0.2) is 42.5 Å². The monoisotopic (exact) mass is 401 g/mol. The Balaban J connectivity index is 2.06. The van der Waals surface area contributed by atoms with Crippen LogP contribution in [0.3, 0.4) is 0 Å². The molecule has 0 aliphatic carbocycles. The number of carbonyl (C=O) groups is 1. The number of rotatable bonds is 5. The van der Waals surface area contributed by atoms with Gasteiger partial charge in [-0.2, -0.15) is 0 Å². The summed E-state index contributed by atoms with van der Waals surface area (Å²) in [5.74, 6) is 0. The van der Waals surface area contributed by atoms with Crippen molar-refractivity contribution < 1.29 is 13.2 Å². The molecule has 0 heterocycles. The number of nitrogens with one attached hydrogen (secondary N) is 3. The summed E-state index contributed by atoms with van der Waals surface area (Å²) < 4.78 is 25.0. The third kappa shape index (κ3) is 6.12. The highest BCUT2D eigenvalue weighted by molar-refractivity contribution is 7.92. The van der Waals surface area contributed by atoms with E-state index >= 15 is 0 Å². The Labute approximate surface area is 156 Å². The van der Waals surface area contributed by atoms with Crippen LogP contribution in [0.1, 0.15) is 18.5 Å². The number of benzene rings is 2. The smallest absolute Gasteiger partial charge is 0.319 e. The van der Waals surface area contributed by atoms with Gasteiger partial charge in [-0.05, 0) is 42.8 Å². The van der Waals surface area contributed by atoms with E-state index < -0.39 is 16.1 Å². The zero-order valence-corrected chi connectivity index (χ0v) is 15.8. The molecule has 0 saturated carbocycles. The van der Waals surface area contributed by atoms with E-state index in [9.17, 15) is 13.2 Å². The van der Waals surface area contributed by atoms with Crippen LogP contribution in [0.5, 0.6) is 0 Å². The second-order valence-electron chi connectivity index (χ2n) is 5.44. The first-order valence-electron chi connectivity index (χ1n) is 7.24. The number of sulfonamides is 1. The van der Waals surface area contributed by atoms with Crippen LogP contribution in [0.4, 0.5) is 16.2 Å². The molecule has 9 heteroatoms. The minimum Gasteiger partial charge on any atom is -0.331 e. The van der Waals surface area contributed by atoms with Crippen molar-refractivity contribution in [3.63, 3.8) is 0 Å². The Morgan fingerprint density at radius 1 is 1.12 bits per heavy atom. The largest absolute Gasteiger partial charge is 0.331 e. The molecule has 0 aliphatic rings. The fourth-order valence-electron chi connectivity index (χ4n) is 2.12. The summed E-state index contributed by atoms with van der Waals surface area (Å²) in [6, 6.07) is 10.7. The van der Waals surface area contributed by atoms with Crippen molar-refractivity contribution in [3.8, 4) is 0 Å². The third-order valence-electron chi connectivity index (χ3n) is 3.21. The molecule has 6 nitrogen and oxygen atoms in total. The molecule has 2 aromatic rings.